The highest BCUT2D eigenvalue weighted by Crippen LogP contribution is 2.44. The third-order valence-corrected chi connectivity index (χ3v) is 6.69. The Morgan fingerprint density at radius 3 is 2.16 bits per heavy atom. The van der Waals surface area contributed by atoms with Crippen LogP contribution < -0.4 is 10.6 Å². The highest BCUT2D eigenvalue weighted by atomic mass is 32.1. The van der Waals surface area contributed by atoms with E-state index in [1.165, 1.54) is 6.07 Å². The molecule has 0 spiro atoms. The maximum Gasteiger partial charge on any atom is 0.415 e. The van der Waals surface area contributed by atoms with Crippen molar-refractivity contribution in [3.8, 4) is 10.4 Å². The number of carbonyl (C=O) groups is 2. The molecule has 1 heterocycles. The van der Waals surface area contributed by atoms with Crippen molar-refractivity contribution in [2.24, 2.45) is 0 Å². The number of hydrogen-bond acceptors (Lipinski definition) is 7. The summed E-state index contributed by atoms with van der Waals surface area (Å²) in [5.74, 6) is -2.25. The monoisotopic (exact) mass is 531 g/mol. The number of nitrogens with zero attached hydrogens (tertiary/aromatic N) is 2. The molecule has 3 rings (SSSR count). The molecular weight excluding hydrogens is 500 g/mol. The van der Waals surface area contributed by atoms with Gasteiger partial charge < -0.3 is 20.1 Å². The molecule has 0 unspecified atom stereocenters. The van der Waals surface area contributed by atoms with Crippen molar-refractivity contribution in [1.29, 1.82) is 0 Å². The van der Waals surface area contributed by atoms with Crippen molar-refractivity contribution < 1.29 is 27.8 Å². The highest BCUT2D eigenvalue weighted by Gasteiger charge is 2.33. The average Bonchev–Trinajstić information content (AvgIpc) is 3.21. The van der Waals surface area contributed by atoms with Gasteiger partial charge >= 0.3 is 12.1 Å². The van der Waals surface area contributed by atoms with Crippen LogP contribution in [0.4, 0.5) is 24.3 Å². The van der Waals surface area contributed by atoms with Crippen LogP contribution >= 0.6 is 11.3 Å². The predicted octanol–water partition coefficient (Wildman–Crippen LogP) is 6.07. The van der Waals surface area contributed by atoms with Crippen LogP contribution in [0.5, 0.6) is 0 Å². The fourth-order valence-corrected chi connectivity index (χ4v) is 5.01. The molecule has 198 valence electrons. The van der Waals surface area contributed by atoms with E-state index in [9.17, 15) is 18.4 Å². The number of hydrogen-bond donors (Lipinski definition) is 1. The summed E-state index contributed by atoms with van der Waals surface area (Å²) in [5.41, 5.74) is 7.68. The smallest absolute Gasteiger partial charge is 0.415 e. The minimum Gasteiger partial charge on any atom is -0.462 e. The molecule has 0 radical (unpaired) electrons. The van der Waals surface area contributed by atoms with Crippen LogP contribution in [-0.2, 0) is 22.6 Å². The van der Waals surface area contributed by atoms with Gasteiger partial charge in [0, 0.05) is 28.2 Å². The summed E-state index contributed by atoms with van der Waals surface area (Å²) in [6, 6.07) is 10.6. The van der Waals surface area contributed by atoms with E-state index >= 15 is 0 Å². The fraction of sp³-hybridized carbons (Fsp3) is 0.333. The van der Waals surface area contributed by atoms with Crippen molar-refractivity contribution >= 4 is 34.1 Å². The lowest BCUT2D eigenvalue weighted by atomic mass is 10.0. The Bertz CT molecular complexity index is 1220. The number of ether oxygens (including phenoxy) is 2. The first kappa shape index (κ1) is 28.1. The van der Waals surface area contributed by atoms with Gasteiger partial charge in [-0.05, 0) is 57.3 Å². The summed E-state index contributed by atoms with van der Waals surface area (Å²) < 4.78 is 40.0. The van der Waals surface area contributed by atoms with Crippen molar-refractivity contribution in [2.45, 2.75) is 33.4 Å². The van der Waals surface area contributed by atoms with Crippen LogP contribution in [0.3, 0.4) is 0 Å². The third-order valence-electron chi connectivity index (χ3n) is 5.39. The lowest BCUT2D eigenvalue weighted by Gasteiger charge is -2.22. The molecule has 1 amide bonds. The Hall–Kier alpha value is -3.50. The normalized spacial score (nSPS) is 11.0. The van der Waals surface area contributed by atoms with Gasteiger partial charge in [-0.25, -0.2) is 18.4 Å². The van der Waals surface area contributed by atoms with Crippen LogP contribution in [0, 0.1) is 11.6 Å². The van der Waals surface area contributed by atoms with E-state index in [1.807, 2.05) is 38.1 Å². The molecule has 0 fully saturated rings. The van der Waals surface area contributed by atoms with Crippen LogP contribution in [0.2, 0.25) is 0 Å². The number of nitrogen functional groups attached to an aromatic ring is 1. The number of amides is 1. The van der Waals surface area contributed by atoms with E-state index in [0.29, 0.717) is 29.1 Å². The molecule has 2 N–H and O–H groups in total. The first-order chi connectivity index (χ1) is 17.7. The van der Waals surface area contributed by atoms with E-state index in [2.05, 4.69) is 0 Å². The SMILES string of the molecule is CCCOC(=O)c1c(N(Cc2c(F)cccc2F)C(=O)OCC)sc(-c2ccc(N)cc2)c1CN(C)C. The molecule has 0 aliphatic carbocycles. The van der Waals surface area contributed by atoms with E-state index in [-0.39, 0.29) is 29.3 Å². The lowest BCUT2D eigenvalue weighted by Crippen LogP contribution is -2.32. The highest BCUT2D eigenvalue weighted by molar-refractivity contribution is 7.20. The fourth-order valence-electron chi connectivity index (χ4n) is 3.72. The van der Waals surface area contributed by atoms with Gasteiger partial charge in [-0.15, -0.1) is 11.3 Å². The average molecular weight is 532 g/mol. The molecular formula is C27H31F2N3O4S. The van der Waals surface area contributed by atoms with E-state index in [4.69, 9.17) is 15.2 Å². The summed E-state index contributed by atoms with van der Waals surface area (Å²) in [4.78, 5) is 30.3. The molecule has 0 saturated heterocycles. The summed E-state index contributed by atoms with van der Waals surface area (Å²) in [5, 5.41) is 0.186. The van der Waals surface area contributed by atoms with E-state index in [0.717, 1.165) is 33.9 Å². The molecule has 7 nitrogen and oxygen atoms in total. The predicted molar refractivity (Wildman–Crippen MR) is 142 cm³/mol. The van der Waals surface area contributed by atoms with Crippen molar-refractivity contribution in [3.05, 3.63) is 70.8 Å². The maximum absolute atomic E-state index is 14.6. The van der Waals surface area contributed by atoms with Crippen LogP contribution in [0.25, 0.3) is 10.4 Å². The standard InChI is InChI=1S/C27H31F2N3O4S/c1-5-14-36-26(33)23-20(15-31(3)4)24(17-10-12-18(30)13-11-17)37-25(23)32(27(34)35-6-2)16-19-21(28)8-7-9-22(19)29/h7-13H,5-6,14-16,30H2,1-4H3. The minimum atomic E-state index is -0.837. The Kier molecular flexibility index (Phi) is 9.60. The van der Waals surface area contributed by atoms with Crippen LogP contribution in [-0.4, -0.2) is 44.3 Å². The maximum atomic E-state index is 14.6. The number of benzene rings is 2. The van der Waals surface area contributed by atoms with E-state index < -0.39 is 30.2 Å². The zero-order valence-corrected chi connectivity index (χ0v) is 22.2. The van der Waals surface area contributed by atoms with Gasteiger partial charge in [0.05, 0.1) is 25.3 Å². The second kappa shape index (κ2) is 12.6. The third kappa shape index (κ3) is 6.64. The Morgan fingerprint density at radius 2 is 1.59 bits per heavy atom. The number of thiophene rings is 1. The van der Waals surface area contributed by atoms with Gasteiger partial charge in [0.15, 0.2) is 0 Å². The summed E-state index contributed by atoms with van der Waals surface area (Å²) >= 11 is 1.15. The molecule has 0 aliphatic heterocycles. The van der Waals surface area contributed by atoms with Crippen molar-refractivity contribution in [2.75, 3.05) is 37.9 Å². The number of nitrogens with two attached hydrogens (primary N) is 1. The van der Waals surface area contributed by atoms with Crippen molar-refractivity contribution in [3.63, 3.8) is 0 Å². The molecule has 0 bridgehead atoms. The number of anilines is 2. The molecule has 0 saturated carbocycles. The van der Waals surface area contributed by atoms with Crippen molar-refractivity contribution in [1.82, 2.24) is 4.90 Å². The first-order valence-corrected chi connectivity index (χ1v) is 12.7. The molecule has 10 heteroatoms. The molecule has 0 aliphatic rings. The topological polar surface area (TPSA) is 85.1 Å². The summed E-state index contributed by atoms with van der Waals surface area (Å²) in [7, 11) is 3.70. The summed E-state index contributed by atoms with van der Waals surface area (Å²) in [6.45, 7) is 3.57. The molecule has 3 aromatic rings. The zero-order valence-electron chi connectivity index (χ0n) is 21.3. The number of esters is 1. The second-order valence-corrected chi connectivity index (χ2v) is 9.57. The first-order valence-electron chi connectivity index (χ1n) is 11.9. The van der Waals surface area contributed by atoms with Gasteiger partial charge in [-0.2, -0.15) is 0 Å². The van der Waals surface area contributed by atoms with Gasteiger partial charge in [-0.1, -0.05) is 25.1 Å². The number of carbonyl (C=O) groups excluding carboxylic acids is 2. The molecule has 1 aromatic heterocycles. The Balaban J connectivity index is 2.29. The Morgan fingerprint density at radius 1 is 0.946 bits per heavy atom. The molecule has 37 heavy (non-hydrogen) atoms. The quantitative estimate of drug-likeness (QED) is 0.253. The van der Waals surface area contributed by atoms with Crippen LogP contribution in [0.1, 0.15) is 41.8 Å². The molecule has 0 atom stereocenters. The number of rotatable bonds is 10. The largest absolute Gasteiger partial charge is 0.462 e. The van der Waals surface area contributed by atoms with Gasteiger partial charge in [0.2, 0.25) is 0 Å². The second-order valence-electron chi connectivity index (χ2n) is 8.57. The van der Waals surface area contributed by atoms with Crippen LogP contribution in [0.15, 0.2) is 42.5 Å². The van der Waals surface area contributed by atoms with E-state index in [1.54, 1.807) is 19.1 Å². The van der Waals surface area contributed by atoms with Gasteiger partial charge in [-0.3, -0.25) is 4.90 Å². The Labute approximate surface area is 219 Å². The zero-order chi connectivity index (χ0) is 27.1. The van der Waals surface area contributed by atoms with Gasteiger partial charge in [0.1, 0.15) is 16.6 Å². The molecule has 2 aromatic carbocycles. The van der Waals surface area contributed by atoms with Gasteiger partial charge in [0.25, 0.3) is 0 Å². The minimum absolute atomic E-state index is 0.0332. The summed E-state index contributed by atoms with van der Waals surface area (Å²) in [6.07, 6.45) is -0.239. The lowest BCUT2D eigenvalue weighted by molar-refractivity contribution is 0.0504. The number of halogens is 2.